The molecule has 8 heteroatoms. The fraction of sp³-hybridized carbons (Fsp3) is 0.333. The summed E-state index contributed by atoms with van der Waals surface area (Å²) < 4.78 is 35.2. The molecule has 2 aromatic carbocycles. The van der Waals surface area contributed by atoms with Crippen LogP contribution in [0.5, 0.6) is 5.75 Å². The molecule has 0 radical (unpaired) electrons. The summed E-state index contributed by atoms with van der Waals surface area (Å²) in [4.78, 5) is 15.0. The molecule has 2 heterocycles. The SMILES string of the molecule is CCCOc1ccc(CN(C(=O)c2cc(-c3ccccc3)on2)C2CCS(=O)(=O)C2)cc1. The minimum Gasteiger partial charge on any atom is -0.494 e. The molecule has 1 unspecified atom stereocenters. The lowest BCUT2D eigenvalue weighted by molar-refractivity contribution is 0.0670. The first-order chi connectivity index (χ1) is 15.4. The molecule has 0 N–H and O–H groups in total. The van der Waals surface area contributed by atoms with E-state index >= 15 is 0 Å². The van der Waals surface area contributed by atoms with Gasteiger partial charge in [-0.2, -0.15) is 0 Å². The molecule has 1 aliphatic rings. The maximum absolute atomic E-state index is 13.4. The van der Waals surface area contributed by atoms with Gasteiger partial charge >= 0.3 is 0 Å². The zero-order chi connectivity index (χ0) is 22.6. The van der Waals surface area contributed by atoms with E-state index in [9.17, 15) is 13.2 Å². The molecule has 0 aliphatic carbocycles. The Labute approximate surface area is 187 Å². The van der Waals surface area contributed by atoms with Crippen LogP contribution in [0.2, 0.25) is 0 Å². The lowest BCUT2D eigenvalue weighted by Crippen LogP contribution is -2.40. The Balaban J connectivity index is 1.57. The van der Waals surface area contributed by atoms with Gasteiger partial charge in [0.25, 0.3) is 5.91 Å². The number of nitrogens with zero attached hydrogens (tertiary/aromatic N) is 2. The molecule has 0 spiro atoms. The normalized spacial score (nSPS) is 17.2. The summed E-state index contributed by atoms with van der Waals surface area (Å²) in [5.74, 6) is 0.953. The van der Waals surface area contributed by atoms with Crippen molar-refractivity contribution in [1.82, 2.24) is 10.1 Å². The molecule has 4 rings (SSSR count). The lowest BCUT2D eigenvalue weighted by atomic mass is 10.1. The average Bonchev–Trinajstić information content (AvgIpc) is 3.44. The Morgan fingerprint density at radius 2 is 1.91 bits per heavy atom. The minimum absolute atomic E-state index is 0.0418. The number of carbonyl (C=O) groups is 1. The van der Waals surface area contributed by atoms with Crippen LogP contribution in [0.3, 0.4) is 0 Å². The number of benzene rings is 2. The molecule has 7 nitrogen and oxygen atoms in total. The minimum atomic E-state index is -3.16. The van der Waals surface area contributed by atoms with Crippen LogP contribution in [0, 0.1) is 0 Å². The van der Waals surface area contributed by atoms with Crippen LogP contribution in [-0.2, 0) is 16.4 Å². The molecule has 1 aromatic heterocycles. The van der Waals surface area contributed by atoms with Crippen molar-refractivity contribution in [2.75, 3.05) is 18.1 Å². The van der Waals surface area contributed by atoms with Crippen molar-refractivity contribution in [1.29, 1.82) is 0 Å². The molecule has 1 saturated heterocycles. The van der Waals surface area contributed by atoms with Crippen LogP contribution >= 0.6 is 0 Å². The van der Waals surface area contributed by atoms with Crippen molar-refractivity contribution >= 4 is 15.7 Å². The molecule has 32 heavy (non-hydrogen) atoms. The van der Waals surface area contributed by atoms with E-state index in [4.69, 9.17) is 9.26 Å². The predicted molar refractivity (Wildman–Crippen MR) is 121 cm³/mol. The van der Waals surface area contributed by atoms with Gasteiger partial charge in [-0.3, -0.25) is 4.79 Å². The topological polar surface area (TPSA) is 89.7 Å². The van der Waals surface area contributed by atoms with E-state index in [0.29, 0.717) is 18.8 Å². The van der Waals surface area contributed by atoms with Crippen molar-refractivity contribution in [2.45, 2.75) is 32.4 Å². The Kier molecular flexibility index (Phi) is 6.60. The first kappa shape index (κ1) is 22.1. The maximum atomic E-state index is 13.4. The van der Waals surface area contributed by atoms with Gasteiger partial charge in [0.1, 0.15) is 5.75 Å². The third kappa shape index (κ3) is 5.19. The van der Waals surface area contributed by atoms with Crippen LogP contribution < -0.4 is 4.74 Å². The van der Waals surface area contributed by atoms with Crippen molar-refractivity contribution in [3.8, 4) is 17.1 Å². The second-order valence-electron chi connectivity index (χ2n) is 7.92. The molecule has 1 amide bonds. The number of ether oxygens (including phenoxy) is 1. The van der Waals surface area contributed by atoms with E-state index in [0.717, 1.165) is 23.3 Å². The van der Waals surface area contributed by atoms with Crippen LogP contribution in [0.15, 0.2) is 65.2 Å². The third-order valence-corrected chi connectivity index (χ3v) is 7.20. The summed E-state index contributed by atoms with van der Waals surface area (Å²) in [5.41, 5.74) is 1.87. The van der Waals surface area contributed by atoms with E-state index in [-0.39, 0.29) is 29.7 Å². The second-order valence-corrected chi connectivity index (χ2v) is 10.2. The van der Waals surface area contributed by atoms with Crippen molar-refractivity contribution in [2.24, 2.45) is 0 Å². The van der Waals surface area contributed by atoms with E-state index in [1.54, 1.807) is 11.0 Å². The molecule has 0 bridgehead atoms. The molecule has 1 aliphatic heterocycles. The molecular weight excluding hydrogens is 428 g/mol. The van der Waals surface area contributed by atoms with Gasteiger partial charge in [-0.05, 0) is 30.5 Å². The van der Waals surface area contributed by atoms with Gasteiger partial charge in [0.05, 0.1) is 18.1 Å². The molecule has 1 fully saturated rings. The smallest absolute Gasteiger partial charge is 0.276 e. The highest BCUT2D eigenvalue weighted by Crippen LogP contribution is 2.25. The highest BCUT2D eigenvalue weighted by molar-refractivity contribution is 7.91. The Morgan fingerprint density at radius 1 is 1.16 bits per heavy atom. The van der Waals surface area contributed by atoms with Gasteiger partial charge in [-0.25, -0.2) is 8.42 Å². The van der Waals surface area contributed by atoms with Crippen molar-refractivity contribution in [3.63, 3.8) is 0 Å². The summed E-state index contributed by atoms with van der Waals surface area (Å²) in [7, 11) is -3.16. The summed E-state index contributed by atoms with van der Waals surface area (Å²) in [6, 6.07) is 18.1. The number of carbonyl (C=O) groups excluding carboxylic acids is 1. The predicted octanol–water partition coefficient (Wildman–Crippen LogP) is 3.96. The van der Waals surface area contributed by atoms with E-state index in [1.165, 1.54) is 0 Å². The van der Waals surface area contributed by atoms with Crippen LogP contribution in [0.4, 0.5) is 0 Å². The van der Waals surface area contributed by atoms with Gasteiger partial charge in [0.15, 0.2) is 21.3 Å². The monoisotopic (exact) mass is 454 g/mol. The quantitative estimate of drug-likeness (QED) is 0.512. The Morgan fingerprint density at radius 3 is 2.56 bits per heavy atom. The first-order valence-corrected chi connectivity index (χ1v) is 12.5. The molecule has 0 saturated carbocycles. The fourth-order valence-electron chi connectivity index (χ4n) is 3.76. The highest BCUT2D eigenvalue weighted by atomic mass is 32.2. The summed E-state index contributed by atoms with van der Waals surface area (Å²) in [5, 5.41) is 3.97. The van der Waals surface area contributed by atoms with Crippen LogP contribution in [0.1, 0.15) is 35.8 Å². The van der Waals surface area contributed by atoms with Crippen LogP contribution in [0.25, 0.3) is 11.3 Å². The van der Waals surface area contributed by atoms with Gasteiger partial charge in [-0.1, -0.05) is 54.5 Å². The number of sulfone groups is 1. The largest absolute Gasteiger partial charge is 0.494 e. The standard InChI is InChI=1S/C24H26N2O5S/c1-2-13-30-21-10-8-18(9-11-21)16-26(20-12-14-32(28,29)17-20)24(27)22-15-23(31-25-22)19-6-4-3-5-7-19/h3-11,15,20H,2,12-14,16-17H2,1H3. The molecule has 3 aromatic rings. The number of rotatable bonds is 8. The maximum Gasteiger partial charge on any atom is 0.276 e. The lowest BCUT2D eigenvalue weighted by Gasteiger charge is -2.27. The number of amides is 1. The highest BCUT2D eigenvalue weighted by Gasteiger charge is 2.36. The van der Waals surface area contributed by atoms with Gasteiger partial charge in [0, 0.05) is 24.2 Å². The Hall–Kier alpha value is -3.13. The first-order valence-electron chi connectivity index (χ1n) is 10.7. The summed E-state index contributed by atoms with van der Waals surface area (Å²) in [6.45, 7) is 2.96. The Bertz CT molecular complexity index is 1160. The van der Waals surface area contributed by atoms with Crippen molar-refractivity contribution in [3.05, 3.63) is 71.9 Å². The molecular formula is C24H26N2O5S. The number of aromatic nitrogens is 1. The zero-order valence-electron chi connectivity index (χ0n) is 17.9. The number of hydrogen-bond donors (Lipinski definition) is 0. The van der Waals surface area contributed by atoms with E-state index < -0.39 is 15.9 Å². The summed E-state index contributed by atoms with van der Waals surface area (Å²) >= 11 is 0. The fourth-order valence-corrected chi connectivity index (χ4v) is 5.49. The molecule has 1 atom stereocenters. The van der Waals surface area contributed by atoms with Gasteiger partial charge in [0.2, 0.25) is 0 Å². The van der Waals surface area contributed by atoms with E-state index in [2.05, 4.69) is 5.16 Å². The molecule has 168 valence electrons. The average molecular weight is 455 g/mol. The van der Waals surface area contributed by atoms with Crippen LogP contribution in [-0.4, -0.2) is 48.5 Å². The van der Waals surface area contributed by atoms with Crippen molar-refractivity contribution < 1.29 is 22.5 Å². The van der Waals surface area contributed by atoms with E-state index in [1.807, 2.05) is 61.5 Å². The van der Waals surface area contributed by atoms with Gasteiger partial charge < -0.3 is 14.2 Å². The summed E-state index contributed by atoms with van der Waals surface area (Å²) in [6.07, 6.45) is 1.33. The zero-order valence-corrected chi connectivity index (χ0v) is 18.8. The van der Waals surface area contributed by atoms with Gasteiger partial charge in [-0.15, -0.1) is 0 Å². The third-order valence-electron chi connectivity index (χ3n) is 5.45. The number of hydrogen-bond acceptors (Lipinski definition) is 6. The second kappa shape index (κ2) is 9.56.